The molecule has 0 atom stereocenters. The molecule has 0 spiro atoms. The third-order valence-electron chi connectivity index (χ3n) is 5.80. The highest BCUT2D eigenvalue weighted by Crippen LogP contribution is 2.68. The summed E-state index contributed by atoms with van der Waals surface area (Å²) in [5, 5.41) is 0. The van der Waals surface area contributed by atoms with Crippen molar-refractivity contribution < 1.29 is 0 Å². The molecule has 0 unspecified atom stereocenters. The van der Waals surface area contributed by atoms with E-state index >= 15 is 0 Å². The van der Waals surface area contributed by atoms with Crippen molar-refractivity contribution in [1.29, 1.82) is 0 Å². The standard InChI is InChI=1S/C23H54N4P/c1-9-14-19-24(6)28(25(7)20-15-10-2,26(8)21-16-11-3)27(22-17-12-4)23-18-13-5/h9-23H2,1-8H3/q+1. The molecule has 0 radical (unpaired) electrons. The Bertz CT molecular complexity index is 309. The summed E-state index contributed by atoms with van der Waals surface area (Å²) in [6.07, 6.45) is 12.8. The summed E-state index contributed by atoms with van der Waals surface area (Å²) in [6.45, 7) is 17.7. The van der Waals surface area contributed by atoms with Crippen LogP contribution in [-0.4, -0.2) is 72.5 Å². The normalized spacial score (nSPS) is 12.9. The molecule has 0 amide bonds. The Labute approximate surface area is 179 Å². The fourth-order valence-corrected chi connectivity index (χ4v) is 8.96. The van der Waals surface area contributed by atoms with Gasteiger partial charge < -0.3 is 0 Å². The molecular formula is C23H54N4P+. The van der Waals surface area contributed by atoms with Crippen LogP contribution in [0.3, 0.4) is 0 Å². The van der Waals surface area contributed by atoms with E-state index in [4.69, 9.17) is 0 Å². The molecule has 28 heavy (non-hydrogen) atoms. The largest absolute Gasteiger partial charge is 0.307 e. The average Bonchev–Trinajstić information content (AvgIpc) is 2.70. The molecular weight excluding hydrogens is 363 g/mol. The second kappa shape index (κ2) is 17.0. The van der Waals surface area contributed by atoms with Crippen molar-refractivity contribution in [2.75, 3.05) is 53.9 Å². The Morgan fingerprint density at radius 2 is 0.679 bits per heavy atom. The minimum atomic E-state index is -1.69. The lowest BCUT2D eigenvalue weighted by Gasteiger charge is -2.49. The van der Waals surface area contributed by atoms with Crippen LogP contribution in [-0.2, 0) is 0 Å². The highest BCUT2D eigenvalue weighted by molar-refractivity contribution is 7.66. The zero-order valence-electron chi connectivity index (χ0n) is 20.8. The summed E-state index contributed by atoms with van der Waals surface area (Å²) in [7, 11) is 5.55. The lowest BCUT2D eigenvalue weighted by Crippen LogP contribution is -2.51. The molecule has 0 aliphatic heterocycles. The Balaban J connectivity index is 6.09. The minimum absolute atomic E-state index is 1.20. The third kappa shape index (κ3) is 8.56. The first-order valence-corrected chi connectivity index (χ1v) is 13.9. The molecule has 0 aliphatic carbocycles. The number of rotatable bonds is 19. The van der Waals surface area contributed by atoms with Gasteiger partial charge in [0.25, 0.3) is 0 Å². The summed E-state index contributed by atoms with van der Waals surface area (Å²) in [4.78, 5) is 0. The van der Waals surface area contributed by atoms with Gasteiger partial charge in [0.1, 0.15) is 0 Å². The van der Waals surface area contributed by atoms with E-state index in [9.17, 15) is 0 Å². The molecule has 0 aromatic carbocycles. The Morgan fingerprint density at radius 3 is 0.929 bits per heavy atom. The summed E-state index contributed by atoms with van der Waals surface area (Å²) >= 11 is 0. The second-order valence-corrected chi connectivity index (χ2v) is 12.1. The number of hydrogen-bond donors (Lipinski definition) is 0. The molecule has 170 valence electrons. The van der Waals surface area contributed by atoms with Gasteiger partial charge in [-0.05, 0) is 32.1 Å². The SMILES string of the molecule is CCCCN(C)[P+](N(C)CCCC)(N(C)CCCC)N(CCCC)CCCC. The zero-order chi connectivity index (χ0) is 21.4. The molecule has 0 rings (SSSR count). The molecule has 0 aromatic heterocycles. The predicted octanol–water partition coefficient (Wildman–Crippen LogP) is 6.76. The van der Waals surface area contributed by atoms with Crippen molar-refractivity contribution in [2.45, 2.75) is 98.8 Å². The molecule has 0 fully saturated rings. The Morgan fingerprint density at radius 1 is 0.429 bits per heavy atom. The third-order valence-corrected chi connectivity index (χ3v) is 10.3. The van der Waals surface area contributed by atoms with Crippen molar-refractivity contribution in [3.8, 4) is 0 Å². The van der Waals surface area contributed by atoms with E-state index in [0.29, 0.717) is 0 Å². The van der Waals surface area contributed by atoms with Crippen LogP contribution >= 0.6 is 7.87 Å². The molecule has 0 saturated heterocycles. The van der Waals surface area contributed by atoms with Gasteiger partial charge >= 0.3 is 7.87 Å². The summed E-state index contributed by atoms with van der Waals surface area (Å²) in [6, 6.07) is 0. The molecule has 4 nitrogen and oxygen atoms in total. The molecule has 0 bridgehead atoms. The Hall–Kier alpha value is 0.270. The maximum Gasteiger partial charge on any atom is 0.307 e. The van der Waals surface area contributed by atoms with Gasteiger partial charge in [0.15, 0.2) is 0 Å². The van der Waals surface area contributed by atoms with Crippen LogP contribution in [0, 0.1) is 0 Å². The van der Waals surface area contributed by atoms with Crippen molar-refractivity contribution in [3.05, 3.63) is 0 Å². The van der Waals surface area contributed by atoms with Crippen molar-refractivity contribution in [3.63, 3.8) is 0 Å². The van der Waals surface area contributed by atoms with Gasteiger partial charge in [-0.25, -0.2) is 0 Å². The summed E-state index contributed by atoms with van der Waals surface area (Å²) in [5.74, 6) is 0. The molecule has 0 N–H and O–H groups in total. The fourth-order valence-electron chi connectivity index (χ4n) is 4.05. The molecule has 5 heteroatoms. The van der Waals surface area contributed by atoms with Gasteiger partial charge in [0, 0.05) is 53.9 Å². The topological polar surface area (TPSA) is 13.0 Å². The van der Waals surface area contributed by atoms with Crippen LogP contribution in [0.2, 0.25) is 0 Å². The Kier molecular flexibility index (Phi) is 17.2. The maximum atomic E-state index is 2.92. The van der Waals surface area contributed by atoms with E-state index in [1.807, 2.05) is 0 Å². The van der Waals surface area contributed by atoms with Crippen LogP contribution in [0.4, 0.5) is 0 Å². The number of hydrogen-bond acceptors (Lipinski definition) is 4. The predicted molar refractivity (Wildman–Crippen MR) is 131 cm³/mol. The van der Waals surface area contributed by atoms with Crippen LogP contribution < -0.4 is 0 Å². The highest BCUT2D eigenvalue weighted by atomic mass is 31.2. The lowest BCUT2D eigenvalue weighted by atomic mass is 10.3. The van der Waals surface area contributed by atoms with Crippen LogP contribution in [0.15, 0.2) is 0 Å². The monoisotopic (exact) mass is 417 g/mol. The van der Waals surface area contributed by atoms with E-state index in [1.54, 1.807) is 0 Å². The van der Waals surface area contributed by atoms with E-state index in [2.05, 4.69) is 74.4 Å². The smallest absolute Gasteiger partial charge is 0.136 e. The van der Waals surface area contributed by atoms with Crippen LogP contribution in [0.1, 0.15) is 98.8 Å². The number of unbranched alkanes of at least 4 members (excludes halogenated alkanes) is 5. The first-order chi connectivity index (χ1) is 13.5. The van der Waals surface area contributed by atoms with Gasteiger partial charge in [-0.15, -0.1) is 18.7 Å². The van der Waals surface area contributed by atoms with E-state index in [1.165, 1.54) is 96.9 Å². The minimum Gasteiger partial charge on any atom is -0.136 e. The van der Waals surface area contributed by atoms with E-state index < -0.39 is 7.87 Å². The molecule has 0 aliphatic rings. The second-order valence-electron chi connectivity index (χ2n) is 8.40. The van der Waals surface area contributed by atoms with Crippen molar-refractivity contribution >= 4 is 7.87 Å². The van der Waals surface area contributed by atoms with Gasteiger partial charge in [-0.3, -0.25) is 0 Å². The fraction of sp³-hybridized carbons (Fsp3) is 1.00. The van der Waals surface area contributed by atoms with E-state index in [0.717, 1.165) is 0 Å². The van der Waals surface area contributed by atoms with Crippen LogP contribution in [0.5, 0.6) is 0 Å². The summed E-state index contributed by atoms with van der Waals surface area (Å²) < 4.78 is 11.2. The first-order valence-electron chi connectivity index (χ1n) is 12.3. The maximum absolute atomic E-state index is 2.92. The first kappa shape index (κ1) is 28.3. The van der Waals surface area contributed by atoms with Crippen molar-refractivity contribution in [2.24, 2.45) is 0 Å². The van der Waals surface area contributed by atoms with Gasteiger partial charge in [0.05, 0.1) is 0 Å². The zero-order valence-corrected chi connectivity index (χ0v) is 21.7. The van der Waals surface area contributed by atoms with Crippen LogP contribution in [0.25, 0.3) is 0 Å². The lowest BCUT2D eigenvalue weighted by molar-refractivity contribution is 0.269. The van der Waals surface area contributed by atoms with Crippen molar-refractivity contribution in [1.82, 2.24) is 18.7 Å². The van der Waals surface area contributed by atoms with Gasteiger partial charge in [-0.1, -0.05) is 66.7 Å². The highest BCUT2D eigenvalue weighted by Gasteiger charge is 2.56. The summed E-state index contributed by atoms with van der Waals surface area (Å²) in [5.41, 5.74) is 0. The van der Waals surface area contributed by atoms with E-state index in [-0.39, 0.29) is 0 Å². The van der Waals surface area contributed by atoms with Gasteiger partial charge in [0.2, 0.25) is 0 Å². The molecule has 0 saturated carbocycles. The number of nitrogens with zero attached hydrogens (tertiary/aromatic N) is 4. The van der Waals surface area contributed by atoms with Gasteiger partial charge in [-0.2, -0.15) is 0 Å². The molecule has 0 heterocycles. The average molecular weight is 418 g/mol. The quantitative estimate of drug-likeness (QED) is 0.215. The molecule has 0 aromatic rings.